The molecule has 62 valence electrons. The molecule has 0 saturated carbocycles. The van der Waals surface area contributed by atoms with Crippen molar-refractivity contribution in [2.45, 2.75) is 12.6 Å². The largest absolute Gasteiger partial charge is 0.359 e. The molecule has 2 saturated heterocycles. The van der Waals surface area contributed by atoms with Crippen LogP contribution in [0.2, 0.25) is 0 Å². The van der Waals surface area contributed by atoms with E-state index in [2.05, 4.69) is 0 Å². The van der Waals surface area contributed by atoms with Gasteiger partial charge in [-0.1, -0.05) is 0 Å². The van der Waals surface area contributed by atoms with Gasteiger partial charge in [0.15, 0.2) is 19.9 Å². The standard InChI is InChI=1S/C6H11BO4/c1-5(8-1)10-3-7-4-11-6-2-9-6/h5-7H,1-4H2. The second-order valence-corrected chi connectivity index (χ2v) is 2.62. The molecular weight excluding hydrogens is 147 g/mol. The van der Waals surface area contributed by atoms with Gasteiger partial charge in [-0.05, 0) is 0 Å². The number of rotatable bonds is 6. The summed E-state index contributed by atoms with van der Waals surface area (Å²) in [5.74, 6) is 0. The molecule has 2 aliphatic heterocycles. The summed E-state index contributed by atoms with van der Waals surface area (Å²) in [5.41, 5.74) is 0. The third-order valence-electron chi connectivity index (χ3n) is 1.50. The van der Waals surface area contributed by atoms with Crippen molar-refractivity contribution in [2.24, 2.45) is 0 Å². The van der Waals surface area contributed by atoms with E-state index in [1.807, 2.05) is 0 Å². The van der Waals surface area contributed by atoms with Gasteiger partial charge in [0.2, 0.25) is 0 Å². The number of hydrogen-bond donors (Lipinski definition) is 0. The van der Waals surface area contributed by atoms with Gasteiger partial charge >= 0.3 is 0 Å². The number of hydrogen-bond acceptors (Lipinski definition) is 4. The van der Waals surface area contributed by atoms with E-state index < -0.39 is 0 Å². The first kappa shape index (κ1) is 7.55. The smallest absolute Gasteiger partial charge is 0.185 e. The van der Waals surface area contributed by atoms with Crippen LogP contribution in [-0.4, -0.2) is 46.1 Å². The Morgan fingerprint density at radius 2 is 1.55 bits per heavy atom. The van der Waals surface area contributed by atoms with Crippen LogP contribution in [-0.2, 0) is 18.9 Å². The average Bonchev–Trinajstić information content (AvgIpc) is 2.83. The van der Waals surface area contributed by atoms with Crippen LogP contribution in [0, 0.1) is 0 Å². The molecule has 4 nitrogen and oxygen atoms in total. The fraction of sp³-hybridized carbons (Fsp3) is 1.00. The van der Waals surface area contributed by atoms with Crippen molar-refractivity contribution in [2.75, 3.05) is 26.2 Å². The Morgan fingerprint density at radius 3 is 1.91 bits per heavy atom. The Balaban J connectivity index is 1.35. The molecule has 0 bridgehead atoms. The summed E-state index contributed by atoms with van der Waals surface area (Å²) in [6.45, 7) is 2.95. The van der Waals surface area contributed by atoms with E-state index in [-0.39, 0.29) is 12.6 Å². The van der Waals surface area contributed by atoms with Gasteiger partial charge in [-0.25, -0.2) is 0 Å². The molecule has 0 N–H and O–H groups in total. The minimum atomic E-state index is 0.0761. The van der Waals surface area contributed by atoms with Crippen LogP contribution in [0.5, 0.6) is 0 Å². The molecule has 5 heteroatoms. The van der Waals surface area contributed by atoms with E-state index in [0.29, 0.717) is 0 Å². The first-order valence-electron chi connectivity index (χ1n) is 3.91. The maximum atomic E-state index is 5.21. The van der Waals surface area contributed by atoms with Crippen LogP contribution in [0.25, 0.3) is 0 Å². The molecule has 0 aromatic carbocycles. The Hall–Kier alpha value is -0.0951. The summed E-state index contributed by atoms with van der Waals surface area (Å²) in [5, 5.41) is 0. The maximum absolute atomic E-state index is 5.21. The van der Waals surface area contributed by atoms with E-state index in [4.69, 9.17) is 18.9 Å². The Kier molecular flexibility index (Phi) is 2.43. The van der Waals surface area contributed by atoms with Crippen LogP contribution in [0.1, 0.15) is 0 Å². The maximum Gasteiger partial charge on any atom is 0.185 e. The zero-order chi connectivity index (χ0) is 7.52. The minimum absolute atomic E-state index is 0.0761. The van der Waals surface area contributed by atoms with Crippen molar-refractivity contribution in [1.29, 1.82) is 0 Å². The third-order valence-corrected chi connectivity index (χ3v) is 1.50. The highest BCUT2D eigenvalue weighted by atomic mass is 16.8. The van der Waals surface area contributed by atoms with E-state index >= 15 is 0 Å². The molecule has 2 aliphatic rings. The molecule has 2 heterocycles. The molecule has 2 fully saturated rings. The summed E-state index contributed by atoms with van der Waals surface area (Å²) in [4.78, 5) is 0. The molecule has 0 aromatic heterocycles. The van der Waals surface area contributed by atoms with Crippen molar-refractivity contribution >= 4 is 7.28 Å². The molecule has 2 rings (SSSR count). The quantitative estimate of drug-likeness (QED) is 0.285. The lowest BCUT2D eigenvalue weighted by atomic mass is 9.82. The fourth-order valence-electron chi connectivity index (χ4n) is 0.760. The third kappa shape index (κ3) is 3.20. The molecule has 11 heavy (non-hydrogen) atoms. The summed E-state index contributed by atoms with van der Waals surface area (Å²) in [7, 11) is 0.916. The molecule has 0 radical (unpaired) electrons. The highest BCUT2D eigenvalue weighted by molar-refractivity contribution is 6.34. The van der Waals surface area contributed by atoms with Crippen LogP contribution in [0.3, 0.4) is 0 Å². The van der Waals surface area contributed by atoms with Crippen LogP contribution < -0.4 is 0 Å². The summed E-state index contributed by atoms with van der Waals surface area (Å²) < 4.78 is 20.1. The second kappa shape index (κ2) is 3.54. The van der Waals surface area contributed by atoms with Gasteiger partial charge in [-0.3, -0.25) is 0 Å². The zero-order valence-electron chi connectivity index (χ0n) is 6.32. The SMILES string of the molecule is B(COC1CO1)COC1CO1. The average molecular weight is 158 g/mol. The summed E-state index contributed by atoms with van der Waals surface area (Å²) >= 11 is 0. The molecule has 0 amide bonds. The van der Waals surface area contributed by atoms with E-state index in [9.17, 15) is 0 Å². The molecule has 0 spiro atoms. The Morgan fingerprint density at radius 1 is 1.09 bits per heavy atom. The lowest BCUT2D eigenvalue weighted by molar-refractivity contribution is 0.0652. The van der Waals surface area contributed by atoms with Gasteiger partial charge in [-0.15, -0.1) is 0 Å². The number of ether oxygens (including phenoxy) is 4. The van der Waals surface area contributed by atoms with Crippen LogP contribution in [0.4, 0.5) is 0 Å². The molecular formula is C6H11BO4. The van der Waals surface area contributed by atoms with Gasteiger partial charge in [-0.2, -0.15) is 0 Å². The van der Waals surface area contributed by atoms with Gasteiger partial charge in [0.25, 0.3) is 0 Å². The molecule has 2 atom stereocenters. The Labute approximate surface area is 66.0 Å². The van der Waals surface area contributed by atoms with Gasteiger partial charge in [0.05, 0.1) is 0 Å². The van der Waals surface area contributed by atoms with Crippen molar-refractivity contribution in [3.8, 4) is 0 Å². The lowest BCUT2D eigenvalue weighted by Gasteiger charge is -1.98. The number of epoxide rings is 2. The summed E-state index contributed by atoms with van der Waals surface area (Å²) in [6, 6.07) is 0. The van der Waals surface area contributed by atoms with Crippen molar-refractivity contribution < 1.29 is 18.9 Å². The van der Waals surface area contributed by atoms with Gasteiger partial charge < -0.3 is 18.9 Å². The van der Waals surface area contributed by atoms with Crippen LogP contribution >= 0.6 is 0 Å². The van der Waals surface area contributed by atoms with Gasteiger partial charge in [0, 0.05) is 13.0 Å². The highest BCUT2D eigenvalue weighted by Crippen LogP contribution is 2.10. The van der Waals surface area contributed by atoms with E-state index in [1.54, 1.807) is 0 Å². The summed E-state index contributed by atoms with van der Waals surface area (Å²) in [6.07, 6.45) is 0.152. The second-order valence-electron chi connectivity index (χ2n) is 2.62. The monoisotopic (exact) mass is 158 g/mol. The zero-order valence-corrected chi connectivity index (χ0v) is 6.32. The van der Waals surface area contributed by atoms with E-state index in [1.165, 1.54) is 0 Å². The lowest BCUT2D eigenvalue weighted by Crippen LogP contribution is -2.13. The van der Waals surface area contributed by atoms with Gasteiger partial charge in [0.1, 0.15) is 13.2 Å². The molecule has 0 aromatic rings. The highest BCUT2D eigenvalue weighted by Gasteiger charge is 2.24. The topological polar surface area (TPSA) is 43.5 Å². The normalized spacial score (nSPS) is 33.5. The molecule has 0 aliphatic carbocycles. The Bertz CT molecular complexity index is 110. The van der Waals surface area contributed by atoms with Crippen molar-refractivity contribution in [3.63, 3.8) is 0 Å². The van der Waals surface area contributed by atoms with Crippen molar-refractivity contribution in [3.05, 3.63) is 0 Å². The predicted octanol–water partition coefficient (Wildman–Crippen LogP) is -0.916. The van der Waals surface area contributed by atoms with E-state index in [0.717, 1.165) is 33.5 Å². The first-order valence-corrected chi connectivity index (χ1v) is 3.91. The molecule has 2 unspecified atom stereocenters. The first-order chi connectivity index (χ1) is 5.45. The predicted molar refractivity (Wildman–Crippen MR) is 38.5 cm³/mol. The minimum Gasteiger partial charge on any atom is -0.359 e. The fourth-order valence-corrected chi connectivity index (χ4v) is 0.760. The van der Waals surface area contributed by atoms with Crippen molar-refractivity contribution in [1.82, 2.24) is 0 Å². The van der Waals surface area contributed by atoms with Crippen LogP contribution in [0.15, 0.2) is 0 Å².